The van der Waals surface area contributed by atoms with E-state index in [2.05, 4.69) is 10.5 Å². The van der Waals surface area contributed by atoms with Crippen LogP contribution >= 0.6 is 0 Å². The molecule has 4 N–H and O–H groups in total. The molecule has 0 aromatic heterocycles. The molecule has 0 fully saturated rings. The zero-order valence-electron chi connectivity index (χ0n) is 7.20. The third-order valence-electron chi connectivity index (χ3n) is 0.1000. The molecular formula is C6H17NO4. The van der Waals surface area contributed by atoms with Gasteiger partial charge in [-0.3, -0.25) is 4.79 Å². The van der Waals surface area contributed by atoms with Crippen LogP contribution in [0.1, 0.15) is 6.92 Å². The number of hydrogen-bond acceptors (Lipinski definition) is 4. The Balaban J connectivity index is -0.0000000886. The lowest BCUT2D eigenvalue weighted by Gasteiger charge is -1.70. The summed E-state index contributed by atoms with van der Waals surface area (Å²) in [6.07, 6.45) is 0. The first-order valence-corrected chi connectivity index (χ1v) is 2.94. The van der Waals surface area contributed by atoms with Gasteiger partial charge in [-0.15, -0.1) is 0 Å². The summed E-state index contributed by atoms with van der Waals surface area (Å²) in [4.78, 5) is 9.22. The topological polar surface area (TPSA) is 92.8 Å². The molecule has 0 spiro atoms. The van der Waals surface area contributed by atoms with Gasteiger partial charge in [0.15, 0.2) is 0 Å². The van der Waals surface area contributed by atoms with Crippen molar-refractivity contribution in [1.82, 2.24) is 0 Å². The first kappa shape index (κ1) is 16.7. The van der Waals surface area contributed by atoms with Crippen molar-refractivity contribution in [3.05, 3.63) is 0 Å². The molecular weight excluding hydrogens is 150 g/mol. The van der Waals surface area contributed by atoms with Gasteiger partial charge in [-0.25, -0.2) is 0 Å². The van der Waals surface area contributed by atoms with Crippen LogP contribution in [0.15, 0.2) is 0 Å². The van der Waals surface area contributed by atoms with Gasteiger partial charge in [-0.1, -0.05) is 0 Å². The van der Waals surface area contributed by atoms with E-state index in [1.807, 2.05) is 0 Å². The van der Waals surface area contributed by atoms with Crippen molar-refractivity contribution in [2.75, 3.05) is 27.4 Å². The molecule has 0 rings (SSSR count). The Morgan fingerprint density at radius 2 is 1.45 bits per heavy atom. The van der Waals surface area contributed by atoms with Crippen molar-refractivity contribution >= 4 is 5.91 Å². The minimum absolute atomic E-state index is 0.125. The molecule has 0 aromatic carbocycles. The Bertz CT molecular complexity index is 61.6. The number of nitrogens with two attached hydrogens (primary N) is 1. The molecule has 0 unspecified atom stereocenters. The molecule has 0 heterocycles. The van der Waals surface area contributed by atoms with Crippen molar-refractivity contribution < 1.29 is 19.7 Å². The lowest BCUT2D eigenvalue weighted by Crippen LogP contribution is -2.01. The molecule has 0 aliphatic rings. The van der Waals surface area contributed by atoms with E-state index in [4.69, 9.17) is 10.2 Å². The average molecular weight is 167 g/mol. The summed E-state index contributed by atoms with van der Waals surface area (Å²) >= 11 is 0. The molecule has 0 aromatic rings. The van der Waals surface area contributed by atoms with E-state index in [1.165, 1.54) is 6.92 Å². The Hall–Kier alpha value is -0.650. The molecule has 5 nitrogen and oxygen atoms in total. The van der Waals surface area contributed by atoms with E-state index < -0.39 is 0 Å². The van der Waals surface area contributed by atoms with E-state index in [-0.39, 0.29) is 19.1 Å². The number of methoxy groups -OCH3 is 1. The second-order valence-electron chi connectivity index (χ2n) is 1.47. The number of aliphatic hydroxyl groups is 2. The average Bonchev–Trinajstić information content (AvgIpc) is 1.88. The number of hydrogen-bond donors (Lipinski definition) is 3. The highest BCUT2D eigenvalue weighted by atomic mass is 16.4. The lowest BCUT2D eigenvalue weighted by atomic mass is 10.8. The van der Waals surface area contributed by atoms with Crippen molar-refractivity contribution in [2.24, 2.45) is 5.73 Å². The predicted molar refractivity (Wildman–Crippen MR) is 42.0 cm³/mol. The molecule has 0 aliphatic heterocycles. The molecule has 0 bridgehead atoms. The van der Waals surface area contributed by atoms with Crippen LogP contribution in [0.3, 0.4) is 0 Å². The van der Waals surface area contributed by atoms with Crippen LogP contribution in [0.25, 0.3) is 0 Å². The first-order valence-electron chi connectivity index (χ1n) is 2.94. The van der Waals surface area contributed by atoms with Crippen LogP contribution in [-0.4, -0.2) is 43.6 Å². The molecule has 0 saturated carbocycles. The smallest absolute Gasteiger partial charge is 0.214 e. The summed E-state index contributed by atoms with van der Waals surface area (Å²) in [5.74, 6) is -0.333. The summed E-state index contributed by atoms with van der Waals surface area (Å²) in [5, 5.41) is 15.2. The van der Waals surface area contributed by atoms with Crippen molar-refractivity contribution in [3.8, 4) is 0 Å². The highest BCUT2D eigenvalue weighted by Gasteiger charge is 1.61. The number of primary amides is 1. The van der Waals surface area contributed by atoms with Crippen LogP contribution in [0, 0.1) is 0 Å². The fourth-order valence-corrected chi connectivity index (χ4v) is 0. The molecule has 0 radical (unpaired) electrons. The standard InChI is InChI=1S/C2H5NO.C2H6O2.C2H6O/c1-2(3)4;3-1-2-4;1-3-2/h1H3,(H2,3,4);3-4H,1-2H2;1-2H3. The second-order valence-corrected chi connectivity index (χ2v) is 1.47. The van der Waals surface area contributed by atoms with Gasteiger partial charge in [-0.05, 0) is 0 Å². The predicted octanol–water partition coefficient (Wildman–Crippen LogP) is -1.27. The van der Waals surface area contributed by atoms with Gasteiger partial charge in [0.2, 0.25) is 5.91 Å². The Morgan fingerprint density at radius 1 is 1.36 bits per heavy atom. The molecule has 0 aliphatic carbocycles. The summed E-state index contributed by atoms with van der Waals surface area (Å²) in [5.41, 5.74) is 4.47. The number of ether oxygens (including phenoxy) is 1. The summed E-state index contributed by atoms with van der Waals surface area (Å²) < 4.78 is 4.25. The summed E-state index contributed by atoms with van der Waals surface area (Å²) in [7, 11) is 3.25. The molecule has 1 amide bonds. The van der Waals surface area contributed by atoms with Gasteiger partial charge >= 0.3 is 0 Å². The fraction of sp³-hybridized carbons (Fsp3) is 0.833. The second kappa shape index (κ2) is 22.8. The maximum atomic E-state index is 9.22. The van der Waals surface area contributed by atoms with Gasteiger partial charge < -0.3 is 20.7 Å². The number of amides is 1. The van der Waals surface area contributed by atoms with E-state index in [9.17, 15) is 4.79 Å². The Morgan fingerprint density at radius 3 is 1.45 bits per heavy atom. The van der Waals surface area contributed by atoms with Crippen molar-refractivity contribution in [2.45, 2.75) is 6.92 Å². The molecule has 0 atom stereocenters. The zero-order valence-corrected chi connectivity index (χ0v) is 7.20. The van der Waals surface area contributed by atoms with Gasteiger partial charge in [0.1, 0.15) is 0 Å². The largest absolute Gasteiger partial charge is 0.394 e. The van der Waals surface area contributed by atoms with E-state index in [0.29, 0.717) is 0 Å². The Kier molecular flexibility index (Phi) is 34.7. The lowest BCUT2D eigenvalue weighted by molar-refractivity contribution is -0.115. The van der Waals surface area contributed by atoms with Gasteiger partial charge in [-0.2, -0.15) is 0 Å². The van der Waals surface area contributed by atoms with Crippen LogP contribution in [0.4, 0.5) is 0 Å². The number of rotatable bonds is 1. The fourth-order valence-electron chi connectivity index (χ4n) is 0. The van der Waals surface area contributed by atoms with Gasteiger partial charge in [0.05, 0.1) is 13.2 Å². The van der Waals surface area contributed by atoms with Crippen molar-refractivity contribution in [3.63, 3.8) is 0 Å². The molecule has 5 heteroatoms. The summed E-state index contributed by atoms with van der Waals surface area (Å²) in [6.45, 7) is 1.06. The van der Waals surface area contributed by atoms with Crippen LogP contribution < -0.4 is 5.73 Å². The highest BCUT2D eigenvalue weighted by Crippen LogP contribution is 1.39. The quantitative estimate of drug-likeness (QED) is 0.453. The summed E-state index contributed by atoms with van der Waals surface area (Å²) in [6, 6.07) is 0. The maximum absolute atomic E-state index is 9.22. The third-order valence-corrected chi connectivity index (χ3v) is 0.1000. The van der Waals surface area contributed by atoms with Crippen LogP contribution in [-0.2, 0) is 9.53 Å². The number of carbonyl (C=O) groups is 1. The third kappa shape index (κ3) is 4120. The van der Waals surface area contributed by atoms with Crippen molar-refractivity contribution in [1.29, 1.82) is 0 Å². The highest BCUT2D eigenvalue weighted by molar-refractivity contribution is 5.70. The maximum Gasteiger partial charge on any atom is 0.214 e. The van der Waals surface area contributed by atoms with E-state index in [0.717, 1.165) is 0 Å². The SMILES string of the molecule is CC(N)=O.COC.OCCO. The van der Waals surface area contributed by atoms with Crippen LogP contribution in [0.5, 0.6) is 0 Å². The Labute approximate surface area is 66.8 Å². The molecule has 0 saturated heterocycles. The van der Waals surface area contributed by atoms with E-state index >= 15 is 0 Å². The molecule has 70 valence electrons. The monoisotopic (exact) mass is 167 g/mol. The first-order chi connectivity index (χ1) is 5.06. The number of carbonyl (C=O) groups excluding carboxylic acids is 1. The molecule has 11 heavy (non-hydrogen) atoms. The zero-order chi connectivity index (χ0) is 9.70. The normalized spacial score (nSPS) is 6.64. The minimum atomic E-state index is -0.333. The van der Waals surface area contributed by atoms with Gasteiger partial charge in [0, 0.05) is 21.1 Å². The number of aliphatic hydroxyl groups excluding tert-OH is 2. The minimum Gasteiger partial charge on any atom is -0.394 e. The van der Waals surface area contributed by atoms with E-state index in [1.54, 1.807) is 14.2 Å². The van der Waals surface area contributed by atoms with Gasteiger partial charge in [0.25, 0.3) is 0 Å². The van der Waals surface area contributed by atoms with Crippen LogP contribution in [0.2, 0.25) is 0 Å².